The van der Waals surface area contributed by atoms with Gasteiger partial charge in [0.1, 0.15) is 5.82 Å². The van der Waals surface area contributed by atoms with Gasteiger partial charge in [-0.2, -0.15) is 0 Å². The number of hydrogen-bond acceptors (Lipinski definition) is 6. The number of fused-ring (bicyclic) bond motifs is 2. The third-order valence-corrected chi connectivity index (χ3v) is 7.48. The van der Waals surface area contributed by atoms with Crippen molar-refractivity contribution in [3.63, 3.8) is 0 Å². The smallest absolute Gasteiger partial charge is 0.229 e. The molecule has 35 heavy (non-hydrogen) atoms. The first-order chi connectivity index (χ1) is 16.9. The van der Waals surface area contributed by atoms with E-state index in [1.807, 2.05) is 54.9 Å². The third-order valence-electron chi connectivity index (χ3n) is 6.58. The van der Waals surface area contributed by atoms with Crippen molar-refractivity contribution in [2.24, 2.45) is 0 Å². The second kappa shape index (κ2) is 9.26. The van der Waals surface area contributed by atoms with Crippen LogP contribution in [0.5, 0.6) is 0 Å². The first kappa shape index (κ1) is 23.2. The number of pyridine rings is 1. The number of carbonyl (C=O) groups excluding carboxylic acids is 2. The fraction of sp³-hybridized carbons (Fsp3) is 0.296. The Hall–Kier alpha value is -3.52. The summed E-state index contributed by atoms with van der Waals surface area (Å²) in [6.07, 6.45) is 8.56. The number of amides is 1. The lowest BCUT2D eigenvalue weighted by Crippen LogP contribution is -2.39. The molecule has 3 heterocycles. The van der Waals surface area contributed by atoms with E-state index in [-0.39, 0.29) is 18.1 Å². The van der Waals surface area contributed by atoms with Gasteiger partial charge in [-0.05, 0) is 61.8 Å². The standard InChI is InChI=1S/C27H27N5O2S/c1-4-35-19-7-5-18(6-8-19)16-22(33)31-21-15-17(2)23-20(30-21)9-10-27(3,25(23)34)24-26-29-12-14-32(26)13-11-28-24/h5-8,11-15H,4,9-10,16H2,1-3H3,(H,30,31,33). The normalized spacial score (nSPS) is 17.4. The van der Waals surface area contributed by atoms with Crippen LogP contribution in [0.3, 0.4) is 0 Å². The maximum atomic E-state index is 13.8. The maximum absolute atomic E-state index is 13.8. The van der Waals surface area contributed by atoms with Crippen LogP contribution in [0.15, 0.2) is 60.0 Å². The van der Waals surface area contributed by atoms with Crippen molar-refractivity contribution in [3.05, 3.63) is 83.2 Å². The number of aryl methyl sites for hydroxylation is 2. The number of thioether (sulfide) groups is 1. The van der Waals surface area contributed by atoms with Gasteiger partial charge < -0.3 is 9.72 Å². The Morgan fingerprint density at radius 3 is 2.66 bits per heavy atom. The van der Waals surface area contributed by atoms with Gasteiger partial charge in [0.2, 0.25) is 5.91 Å². The maximum Gasteiger partial charge on any atom is 0.229 e. The van der Waals surface area contributed by atoms with Gasteiger partial charge in [0.25, 0.3) is 0 Å². The second-order valence-corrected chi connectivity index (χ2v) is 10.4. The Morgan fingerprint density at radius 1 is 1.17 bits per heavy atom. The number of hydrogen-bond donors (Lipinski definition) is 1. The summed E-state index contributed by atoms with van der Waals surface area (Å²) in [5.74, 6) is 1.36. The molecule has 0 fully saturated rings. The number of rotatable bonds is 6. The average molecular weight is 486 g/mol. The molecule has 4 aromatic rings. The van der Waals surface area contributed by atoms with E-state index in [4.69, 9.17) is 0 Å². The number of nitrogens with zero attached hydrogens (tertiary/aromatic N) is 4. The highest BCUT2D eigenvalue weighted by Crippen LogP contribution is 2.39. The van der Waals surface area contributed by atoms with Crippen molar-refractivity contribution >= 4 is 34.9 Å². The van der Waals surface area contributed by atoms with Crippen LogP contribution >= 0.6 is 11.8 Å². The number of imidazole rings is 1. The van der Waals surface area contributed by atoms with Crippen LogP contribution in [-0.4, -0.2) is 36.8 Å². The highest BCUT2D eigenvalue weighted by molar-refractivity contribution is 7.99. The van der Waals surface area contributed by atoms with E-state index < -0.39 is 5.41 Å². The fourth-order valence-electron chi connectivity index (χ4n) is 4.76. The lowest BCUT2D eigenvalue weighted by Gasteiger charge is -2.33. The van der Waals surface area contributed by atoms with E-state index in [0.29, 0.717) is 35.6 Å². The largest absolute Gasteiger partial charge is 0.310 e. The lowest BCUT2D eigenvalue weighted by molar-refractivity contribution is -0.115. The molecule has 8 heteroatoms. The third kappa shape index (κ3) is 4.34. The summed E-state index contributed by atoms with van der Waals surface area (Å²) in [6, 6.07) is 9.83. The van der Waals surface area contributed by atoms with Crippen LogP contribution < -0.4 is 5.32 Å². The molecule has 0 spiro atoms. The Labute approximate surface area is 208 Å². The topological polar surface area (TPSA) is 89.2 Å². The van der Waals surface area contributed by atoms with Crippen LogP contribution in [0.25, 0.3) is 5.65 Å². The SMILES string of the molecule is CCSc1ccc(CC(=O)Nc2cc(C)c3c(n2)CCC(C)(c2nccn4ccnc24)C3=O)cc1. The monoisotopic (exact) mass is 485 g/mol. The molecule has 178 valence electrons. The molecule has 0 radical (unpaired) electrons. The number of Topliss-reactive ketones (excluding diaryl/α,β-unsaturated/α-hetero) is 1. The van der Waals surface area contributed by atoms with Crippen molar-refractivity contribution in [1.29, 1.82) is 0 Å². The van der Waals surface area contributed by atoms with Crippen LogP contribution in [0.4, 0.5) is 5.82 Å². The van der Waals surface area contributed by atoms with E-state index in [0.717, 1.165) is 22.6 Å². The van der Waals surface area contributed by atoms with Crippen molar-refractivity contribution < 1.29 is 9.59 Å². The fourth-order valence-corrected chi connectivity index (χ4v) is 5.43. The molecule has 1 atom stereocenters. The molecule has 0 bridgehead atoms. The molecule has 5 rings (SSSR count). The quantitative estimate of drug-likeness (QED) is 0.394. The Bertz CT molecular complexity index is 1430. The van der Waals surface area contributed by atoms with Crippen molar-refractivity contribution in [2.75, 3.05) is 11.1 Å². The summed E-state index contributed by atoms with van der Waals surface area (Å²) in [7, 11) is 0. The van der Waals surface area contributed by atoms with Crippen LogP contribution in [0.2, 0.25) is 0 Å². The molecule has 1 amide bonds. The van der Waals surface area contributed by atoms with Crippen molar-refractivity contribution in [3.8, 4) is 0 Å². The molecule has 1 aromatic carbocycles. The second-order valence-electron chi connectivity index (χ2n) is 9.04. The number of benzene rings is 1. The van der Waals surface area contributed by atoms with Crippen molar-refractivity contribution in [1.82, 2.24) is 19.4 Å². The highest BCUT2D eigenvalue weighted by Gasteiger charge is 2.44. The zero-order valence-corrected chi connectivity index (χ0v) is 20.9. The van der Waals surface area contributed by atoms with Gasteiger partial charge >= 0.3 is 0 Å². The highest BCUT2D eigenvalue weighted by atomic mass is 32.2. The molecule has 0 saturated heterocycles. The minimum atomic E-state index is -0.791. The van der Waals surface area contributed by atoms with E-state index in [9.17, 15) is 9.59 Å². The molecule has 0 aliphatic heterocycles. The summed E-state index contributed by atoms with van der Waals surface area (Å²) >= 11 is 1.77. The first-order valence-electron chi connectivity index (χ1n) is 11.7. The van der Waals surface area contributed by atoms with Gasteiger partial charge in [-0.3, -0.25) is 14.6 Å². The van der Waals surface area contributed by atoms with E-state index in [2.05, 4.69) is 27.2 Å². The lowest BCUT2D eigenvalue weighted by atomic mass is 9.70. The summed E-state index contributed by atoms with van der Waals surface area (Å²) in [4.78, 5) is 41.3. The molecule has 7 nitrogen and oxygen atoms in total. The summed E-state index contributed by atoms with van der Waals surface area (Å²) < 4.78 is 1.89. The van der Waals surface area contributed by atoms with Crippen LogP contribution in [0, 0.1) is 6.92 Å². The summed E-state index contributed by atoms with van der Waals surface area (Å²) in [6.45, 7) is 5.95. The van der Waals surface area contributed by atoms with E-state index in [1.165, 1.54) is 4.90 Å². The number of aromatic nitrogens is 4. The molecule has 1 unspecified atom stereocenters. The first-order valence-corrected chi connectivity index (χ1v) is 12.7. The molecular weight excluding hydrogens is 458 g/mol. The molecular formula is C27H27N5O2S. The Kier molecular flexibility index (Phi) is 6.15. The number of anilines is 1. The van der Waals surface area contributed by atoms with Gasteiger partial charge in [-0.1, -0.05) is 19.1 Å². The molecule has 1 aliphatic carbocycles. The Balaban J connectivity index is 1.37. The Morgan fingerprint density at radius 2 is 1.91 bits per heavy atom. The summed E-state index contributed by atoms with van der Waals surface area (Å²) in [5, 5.41) is 2.92. The minimum absolute atomic E-state index is 0.00438. The van der Waals surface area contributed by atoms with Gasteiger partial charge in [0.15, 0.2) is 11.4 Å². The molecule has 1 aliphatic rings. The molecule has 0 saturated carbocycles. The molecule has 1 N–H and O–H groups in total. The van der Waals surface area contributed by atoms with Crippen molar-refractivity contribution in [2.45, 2.75) is 50.3 Å². The predicted octanol–water partition coefficient (Wildman–Crippen LogP) is 4.81. The zero-order valence-electron chi connectivity index (χ0n) is 20.0. The number of nitrogens with one attached hydrogen (secondary N) is 1. The summed E-state index contributed by atoms with van der Waals surface area (Å²) in [5.41, 5.74) is 3.68. The average Bonchev–Trinajstić information content (AvgIpc) is 3.32. The minimum Gasteiger partial charge on any atom is -0.310 e. The van der Waals surface area contributed by atoms with Gasteiger partial charge in [0, 0.05) is 35.2 Å². The van der Waals surface area contributed by atoms with Gasteiger partial charge in [-0.25, -0.2) is 9.97 Å². The number of carbonyl (C=O) groups is 2. The van der Waals surface area contributed by atoms with E-state index in [1.54, 1.807) is 30.2 Å². The van der Waals surface area contributed by atoms with Gasteiger partial charge in [-0.15, -0.1) is 11.8 Å². The predicted molar refractivity (Wildman–Crippen MR) is 137 cm³/mol. The van der Waals surface area contributed by atoms with Crippen LogP contribution in [-0.2, 0) is 23.1 Å². The van der Waals surface area contributed by atoms with E-state index >= 15 is 0 Å². The molecule has 3 aromatic heterocycles. The van der Waals surface area contributed by atoms with Crippen LogP contribution in [0.1, 0.15) is 53.1 Å². The number of ketones is 1. The zero-order chi connectivity index (χ0) is 24.6. The van der Waals surface area contributed by atoms with Gasteiger partial charge in [0.05, 0.1) is 23.2 Å².